The van der Waals surface area contributed by atoms with Crippen molar-refractivity contribution in [3.8, 4) is 0 Å². The molecule has 5 nitrogen and oxygen atoms in total. The molecule has 1 amide bonds. The van der Waals surface area contributed by atoms with E-state index in [4.69, 9.17) is 0 Å². The van der Waals surface area contributed by atoms with Gasteiger partial charge in [0.15, 0.2) is 5.96 Å². The van der Waals surface area contributed by atoms with Gasteiger partial charge in [0.2, 0.25) is 5.91 Å². The molecule has 23 heavy (non-hydrogen) atoms. The molecule has 0 aromatic heterocycles. The van der Waals surface area contributed by atoms with Crippen LogP contribution < -0.4 is 15.5 Å². The second kappa shape index (κ2) is 9.75. The summed E-state index contributed by atoms with van der Waals surface area (Å²) in [7, 11) is 1.72. The van der Waals surface area contributed by atoms with Gasteiger partial charge in [-0.05, 0) is 37.8 Å². The first-order chi connectivity index (χ1) is 10.7. The number of nitrogens with one attached hydrogen (secondary N) is 2. The number of guanidine groups is 1. The number of hydrogen-bond acceptors (Lipinski definition) is 2. The third-order valence-corrected chi connectivity index (χ3v) is 4.04. The SMILES string of the molecule is CCC(C)NC(=NC)NCC(=O)N1CCCc2ccccc21.I. The van der Waals surface area contributed by atoms with E-state index in [1.165, 1.54) is 5.56 Å². The largest absolute Gasteiger partial charge is 0.354 e. The number of carbonyl (C=O) groups is 1. The first-order valence-electron chi connectivity index (χ1n) is 8.01. The number of para-hydroxylation sites is 1. The van der Waals surface area contributed by atoms with Crippen LogP contribution >= 0.6 is 24.0 Å². The number of amides is 1. The lowest BCUT2D eigenvalue weighted by Crippen LogP contribution is -2.47. The number of nitrogens with zero attached hydrogens (tertiary/aromatic N) is 2. The molecule has 0 aliphatic carbocycles. The monoisotopic (exact) mass is 430 g/mol. The van der Waals surface area contributed by atoms with Crippen LogP contribution in [-0.4, -0.2) is 38.0 Å². The molecule has 1 heterocycles. The molecule has 0 spiro atoms. The number of rotatable bonds is 4. The van der Waals surface area contributed by atoms with Crippen molar-refractivity contribution in [2.75, 3.05) is 25.0 Å². The number of carbonyl (C=O) groups excluding carboxylic acids is 1. The van der Waals surface area contributed by atoms with Crippen molar-refractivity contribution in [3.05, 3.63) is 29.8 Å². The normalized spacial score (nSPS) is 15.3. The standard InChI is InChI=1S/C17H26N4O.HI/c1-4-13(2)20-17(18-3)19-12-16(22)21-11-7-9-14-8-5-6-10-15(14)21;/h5-6,8,10,13H,4,7,9,11-12H2,1-3H3,(H2,18,19,20);1H. The Kier molecular flexibility index (Phi) is 8.36. The van der Waals surface area contributed by atoms with Crippen LogP contribution in [0.5, 0.6) is 0 Å². The molecule has 1 atom stereocenters. The molecule has 1 unspecified atom stereocenters. The van der Waals surface area contributed by atoms with Crippen LogP contribution in [0.15, 0.2) is 29.3 Å². The fourth-order valence-corrected chi connectivity index (χ4v) is 2.58. The Labute approximate surface area is 156 Å². The Morgan fingerprint density at radius 1 is 1.39 bits per heavy atom. The first-order valence-corrected chi connectivity index (χ1v) is 8.01. The Hall–Kier alpha value is -1.31. The molecule has 1 aliphatic rings. The summed E-state index contributed by atoms with van der Waals surface area (Å²) in [6.07, 6.45) is 3.07. The molecule has 128 valence electrons. The minimum atomic E-state index is 0. The fourth-order valence-electron chi connectivity index (χ4n) is 2.58. The van der Waals surface area contributed by atoms with Crippen molar-refractivity contribution >= 4 is 41.5 Å². The fraction of sp³-hybridized carbons (Fsp3) is 0.529. The van der Waals surface area contributed by atoms with Crippen LogP contribution in [-0.2, 0) is 11.2 Å². The molecule has 2 N–H and O–H groups in total. The second-order valence-electron chi connectivity index (χ2n) is 5.66. The van der Waals surface area contributed by atoms with Crippen LogP contribution in [0.2, 0.25) is 0 Å². The van der Waals surface area contributed by atoms with Gasteiger partial charge >= 0.3 is 0 Å². The van der Waals surface area contributed by atoms with Crippen molar-refractivity contribution < 1.29 is 4.79 Å². The van der Waals surface area contributed by atoms with E-state index in [0.717, 1.165) is 31.5 Å². The average Bonchev–Trinajstić information content (AvgIpc) is 2.57. The van der Waals surface area contributed by atoms with Crippen molar-refractivity contribution in [1.82, 2.24) is 10.6 Å². The maximum absolute atomic E-state index is 12.5. The average molecular weight is 430 g/mol. The molecule has 6 heteroatoms. The van der Waals surface area contributed by atoms with Gasteiger partial charge in [0, 0.05) is 25.3 Å². The number of benzene rings is 1. The van der Waals surface area contributed by atoms with Gasteiger partial charge in [0.25, 0.3) is 0 Å². The lowest BCUT2D eigenvalue weighted by atomic mass is 10.0. The highest BCUT2D eigenvalue weighted by atomic mass is 127. The predicted octanol–water partition coefficient (Wildman–Crippen LogP) is 2.55. The van der Waals surface area contributed by atoms with Gasteiger partial charge in [-0.3, -0.25) is 9.79 Å². The summed E-state index contributed by atoms with van der Waals surface area (Å²) in [5.74, 6) is 0.757. The minimum absolute atomic E-state index is 0. The molecule has 0 saturated carbocycles. The summed E-state index contributed by atoms with van der Waals surface area (Å²) in [6, 6.07) is 8.48. The van der Waals surface area contributed by atoms with Gasteiger partial charge < -0.3 is 15.5 Å². The summed E-state index contributed by atoms with van der Waals surface area (Å²) in [5.41, 5.74) is 2.30. The van der Waals surface area contributed by atoms with Gasteiger partial charge in [0.1, 0.15) is 0 Å². The molecule has 0 saturated heterocycles. The smallest absolute Gasteiger partial charge is 0.246 e. The van der Waals surface area contributed by atoms with E-state index in [2.05, 4.69) is 35.5 Å². The number of halogens is 1. The van der Waals surface area contributed by atoms with Gasteiger partial charge in [-0.15, -0.1) is 24.0 Å². The maximum Gasteiger partial charge on any atom is 0.246 e. The number of aryl methyl sites for hydroxylation is 1. The van der Waals surface area contributed by atoms with Crippen molar-refractivity contribution in [2.45, 2.75) is 39.2 Å². The molecule has 2 rings (SSSR count). The molecule has 0 bridgehead atoms. The molecule has 1 aromatic carbocycles. The van der Waals surface area contributed by atoms with Crippen LogP contribution in [0.1, 0.15) is 32.3 Å². The summed E-state index contributed by atoms with van der Waals surface area (Å²) in [6.45, 7) is 5.25. The highest BCUT2D eigenvalue weighted by molar-refractivity contribution is 14.0. The number of aliphatic imine (C=N–C) groups is 1. The zero-order chi connectivity index (χ0) is 15.9. The van der Waals surface area contributed by atoms with E-state index in [-0.39, 0.29) is 36.4 Å². The second-order valence-corrected chi connectivity index (χ2v) is 5.66. The summed E-state index contributed by atoms with van der Waals surface area (Å²) in [5, 5.41) is 6.37. The molecular weight excluding hydrogens is 403 g/mol. The van der Waals surface area contributed by atoms with E-state index >= 15 is 0 Å². The van der Waals surface area contributed by atoms with Crippen LogP contribution in [0.4, 0.5) is 5.69 Å². The number of anilines is 1. The van der Waals surface area contributed by atoms with Crippen molar-refractivity contribution in [3.63, 3.8) is 0 Å². The van der Waals surface area contributed by atoms with Crippen molar-refractivity contribution in [2.24, 2.45) is 4.99 Å². The Morgan fingerprint density at radius 3 is 2.83 bits per heavy atom. The predicted molar refractivity (Wildman–Crippen MR) is 107 cm³/mol. The summed E-state index contributed by atoms with van der Waals surface area (Å²) < 4.78 is 0. The lowest BCUT2D eigenvalue weighted by Gasteiger charge is -2.29. The van der Waals surface area contributed by atoms with E-state index in [9.17, 15) is 4.79 Å². The Morgan fingerprint density at radius 2 is 2.13 bits per heavy atom. The van der Waals surface area contributed by atoms with Crippen molar-refractivity contribution in [1.29, 1.82) is 0 Å². The summed E-state index contributed by atoms with van der Waals surface area (Å²) in [4.78, 5) is 18.6. The van der Waals surface area contributed by atoms with Crippen LogP contribution in [0, 0.1) is 0 Å². The van der Waals surface area contributed by atoms with Gasteiger partial charge in [0.05, 0.1) is 6.54 Å². The van der Waals surface area contributed by atoms with Crippen LogP contribution in [0.3, 0.4) is 0 Å². The van der Waals surface area contributed by atoms with Gasteiger partial charge in [-0.1, -0.05) is 25.1 Å². The third-order valence-electron chi connectivity index (χ3n) is 4.04. The summed E-state index contributed by atoms with van der Waals surface area (Å²) >= 11 is 0. The zero-order valence-electron chi connectivity index (χ0n) is 14.1. The zero-order valence-corrected chi connectivity index (χ0v) is 16.5. The Bertz CT molecular complexity index is 547. The van der Waals surface area contributed by atoms with Crippen LogP contribution in [0.25, 0.3) is 0 Å². The lowest BCUT2D eigenvalue weighted by molar-refractivity contribution is -0.117. The molecule has 1 aromatic rings. The van der Waals surface area contributed by atoms with Gasteiger partial charge in [-0.2, -0.15) is 0 Å². The van der Waals surface area contributed by atoms with E-state index in [1.807, 2.05) is 23.1 Å². The quantitative estimate of drug-likeness (QED) is 0.439. The maximum atomic E-state index is 12.5. The number of hydrogen-bond donors (Lipinski definition) is 2. The van der Waals surface area contributed by atoms with E-state index in [0.29, 0.717) is 12.0 Å². The van der Waals surface area contributed by atoms with E-state index in [1.54, 1.807) is 7.05 Å². The molecule has 0 radical (unpaired) electrons. The number of fused-ring (bicyclic) bond motifs is 1. The first kappa shape index (κ1) is 19.7. The molecule has 1 aliphatic heterocycles. The Balaban J connectivity index is 0.00000264. The molecular formula is C17H27IN4O. The minimum Gasteiger partial charge on any atom is -0.354 e. The van der Waals surface area contributed by atoms with Gasteiger partial charge in [-0.25, -0.2) is 0 Å². The third kappa shape index (κ3) is 5.37. The highest BCUT2D eigenvalue weighted by Gasteiger charge is 2.21. The van der Waals surface area contributed by atoms with E-state index < -0.39 is 0 Å². The topological polar surface area (TPSA) is 56.7 Å². The molecule has 0 fully saturated rings. The highest BCUT2D eigenvalue weighted by Crippen LogP contribution is 2.26.